The van der Waals surface area contributed by atoms with E-state index in [1.54, 1.807) is 0 Å². The van der Waals surface area contributed by atoms with Crippen molar-refractivity contribution in [3.05, 3.63) is 64.2 Å². The van der Waals surface area contributed by atoms with Crippen LogP contribution in [0.25, 0.3) is 0 Å². The van der Waals surface area contributed by atoms with E-state index >= 15 is 0 Å². The average molecular weight is 318 g/mol. The van der Waals surface area contributed by atoms with E-state index in [0.717, 1.165) is 28.9 Å². The molecule has 0 saturated carbocycles. The van der Waals surface area contributed by atoms with Gasteiger partial charge in [-0.25, -0.2) is 0 Å². The zero-order valence-electron chi connectivity index (χ0n) is 12.9. The standard InChI is InChI=1S/C18H20ClNO2/c1-13-6-7-14(2)17(10-13)22-12-18(21)20-9-8-15-4-3-5-16(19)11-15/h3-7,10-11H,8-9,12H2,1-2H3,(H,20,21). The molecule has 0 spiro atoms. The van der Waals surface area contributed by atoms with E-state index in [-0.39, 0.29) is 12.5 Å². The van der Waals surface area contributed by atoms with Crippen LogP contribution in [0.2, 0.25) is 5.02 Å². The highest BCUT2D eigenvalue weighted by Gasteiger charge is 2.05. The van der Waals surface area contributed by atoms with Crippen LogP contribution in [0.1, 0.15) is 16.7 Å². The summed E-state index contributed by atoms with van der Waals surface area (Å²) >= 11 is 5.92. The zero-order valence-corrected chi connectivity index (χ0v) is 13.6. The summed E-state index contributed by atoms with van der Waals surface area (Å²) in [6.45, 7) is 4.55. The first-order valence-electron chi connectivity index (χ1n) is 7.26. The number of hydrogen-bond acceptors (Lipinski definition) is 2. The van der Waals surface area contributed by atoms with E-state index in [0.29, 0.717) is 11.6 Å². The highest BCUT2D eigenvalue weighted by Crippen LogP contribution is 2.18. The van der Waals surface area contributed by atoms with Gasteiger partial charge in [0, 0.05) is 11.6 Å². The molecule has 0 aliphatic carbocycles. The molecule has 116 valence electrons. The molecule has 0 radical (unpaired) electrons. The van der Waals surface area contributed by atoms with Crippen molar-refractivity contribution in [2.45, 2.75) is 20.3 Å². The second kappa shape index (κ2) is 7.85. The van der Waals surface area contributed by atoms with E-state index in [1.165, 1.54) is 0 Å². The minimum Gasteiger partial charge on any atom is -0.483 e. The maximum atomic E-state index is 11.8. The zero-order chi connectivity index (χ0) is 15.9. The molecule has 0 atom stereocenters. The van der Waals surface area contributed by atoms with Gasteiger partial charge in [-0.05, 0) is 55.2 Å². The highest BCUT2D eigenvalue weighted by atomic mass is 35.5. The predicted octanol–water partition coefficient (Wildman–Crippen LogP) is 3.69. The van der Waals surface area contributed by atoms with Crippen LogP contribution < -0.4 is 10.1 Å². The topological polar surface area (TPSA) is 38.3 Å². The summed E-state index contributed by atoms with van der Waals surface area (Å²) in [6, 6.07) is 13.6. The molecular formula is C18H20ClNO2. The predicted molar refractivity (Wildman–Crippen MR) is 89.6 cm³/mol. The summed E-state index contributed by atoms with van der Waals surface area (Å²) in [5.41, 5.74) is 3.24. The number of benzene rings is 2. The van der Waals surface area contributed by atoms with Gasteiger partial charge in [0.25, 0.3) is 5.91 Å². The van der Waals surface area contributed by atoms with Gasteiger partial charge < -0.3 is 10.1 Å². The number of nitrogens with one attached hydrogen (secondary N) is 1. The van der Waals surface area contributed by atoms with E-state index in [1.807, 2.05) is 56.3 Å². The van der Waals surface area contributed by atoms with Gasteiger partial charge in [0.2, 0.25) is 0 Å². The van der Waals surface area contributed by atoms with Crippen molar-refractivity contribution >= 4 is 17.5 Å². The normalized spacial score (nSPS) is 10.3. The molecule has 0 heterocycles. The molecule has 1 amide bonds. The fourth-order valence-corrected chi connectivity index (χ4v) is 2.31. The van der Waals surface area contributed by atoms with Gasteiger partial charge in [0.1, 0.15) is 5.75 Å². The maximum Gasteiger partial charge on any atom is 0.257 e. The Morgan fingerprint density at radius 1 is 1.18 bits per heavy atom. The van der Waals surface area contributed by atoms with Crippen LogP contribution in [0.15, 0.2) is 42.5 Å². The van der Waals surface area contributed by atoms with Gasteiger partial charge >= 0.3 is 0 Å². The first-order valence-corrected chi connectivity index (χ1v) is 7.63. The Balaban J connectivity index is 1.75. The third-order valence-corrected chi connectivity index (χ3v) is 3.56. The number of carbonyl (C=O) groups excluding carboxylic acids is 1. The summed E-state index contributed by atoms with van der Waals surface area (Å²) in [5.74, 6) is 0.632. The summed E-state index contributed by atoms with van der Waals surface area (Å²) in [5, 5.41) is 3.56. The molecule has 2 rings (SSSR count). The van der Waals surface area contributed by atoms with Gasteiger partial charge in [0.15, 0.2) is 6.61 Å². The monoisotopic (exact) mass is 317 g/mol. The van der Waals surface area contributed by atoms with Crippen molar-refractivity contribution in [2.75, 3.05) is 13.2 Å². The van der Waals surface area contributed by atoms with Crippen LogP contribution in [-0.2, 0) is 11.2 Å². The van der Waals surface area contributed by atoms with Crippen molar-refractivity contribution in [1.82, 2.24) is 5.32 Å². The molecule has 0 aromatic heterocycles. The molecule has 2 aromatic rings. The number of halogens is 1. The Labute approximate surface area is 136 Å². The number of amides is 1. The number of ether oxygens (including phenoxy) is 1. The molecule has 3 nitrogen and oxygen atoms in total. The van der Waals surface area contributed by atoms with Gasteiger partial charge in [-0.2, -0.15) is 0 Å². The van der Waals surface area contributed by atoms with Crippen LogP contribution in [0.5, 0.6) is 5.75 Å². The maximum absolute atomic E-state index is 11.8. The molecule has 0 aliphatic heterocycles. The summed E-state index contributed by atoms with van der Waals surface area (Å²) in [7, 11) is 0. The number of carbonyl (C=O) groups is 1. The lowest BCUT2D eigenvalue weighted by atomic mass is 10.1. The Bertz CT molecular complexity index is 655. The van der Waals surface area contributed by atoms with E-state index in [2.05, 4.69) is 5.32 Å². The third-order valence-electron chi connectivity index (χ3n) is 3.33. The second-order valence-corrected chi connectivity index (χ2v) is 5.72. The summed E-state index contributed by atoms with van der Waals surface area (Å²) in [6.07, 6.45) is 0.746. The molecule has 1 N–H and O–H groups in total. The fraction of sp³-hybridized carbons (Fsp3) is 0.278. The van der Waals surface area contributed by atoms with E-state index in [4.69, 9.17) is 16.3 Å². The molecule has 22 heavy (non-hydrogen) atoms. The van der Waals surface area contributed by atoms with Gasteiger partial charge in [-0.1, -0.05) is 35.9 Å². The van der Waals surface area contributed by atoms with Crippen LogP contribution in [0.3, 0.4) is 0 Å². The number of hydrogen-bond donors (Lipinski definition) is 1. The van der Waals surface area contributed by atoms with Crippen LogP contribution >= 0.6 is 11.6 Å². The lowest BCUT2D eigenvalue weighted by Crippen LogP contribution is -2.30. The average Bonchev–Trinajstić information content (AvgIpc) is 2.48. The van der Waals surface area contributed by atoms with Crippen molar-refractivity contribution in [3.63, 3.8) is 0 Å². The first-order chi connectivity index (χ1) is 10.5. The van der Waals surface area contributed by atoms with Crippen LogP contribution in [0, 0.1) is 13.8 Å². The quantitative estimate of drug-likeness (QED) is 0.882. The largest absolute Gasteiger partial charge is 0.483 e. The number of rotatable bonds is 6. The van der Waals surface area contributed by atoms with Crippen LogP contribution in [0.4, 0.5) is 0 Å². The van der Waals surface area contributed by atoms with Crippen molar-refractivity contribution in [3.8, 4) is 5.75 Å². The molecule has 0 bridgehead atoms. The van der Waals surface area contributed by atoms with Gasteiger partial charge in [-0.3, -0.25) is 4.79 Å². The van der Waals surface area contributed by atoms with Gasteiger partial charge in [0.05, 0.1) is 0 Å². The van der Waals surface area contributed by atoms with Crippen molar-refractivity contribution in [2.24, 2.45) is 0 Å². The Kier molecular flexibility index (Phi) is 5.84. The van der Waals surface area contributed by atoms with Crippen molar-refractivity contribution < 1.29 is 9.53 Å². The lowest BCUT2D eigenvalue weighted by Gasteiger charge is -2.10. The molecule has 0 saturated heterocycles. The minimum atomic E-state index is -0.122. The number of aryl methyl sites for hydroxylation is 2. The molecule has 2 aromatic carbocycles. The fourth-order valence-electron chi connectivity index (χ4n) is 2.10. The Morgan fingerprint density at radius 2 is 2.00 bits per heavy atom. The molecule has 4 heteroatoms. The highest BCUT2D eigenvalue weighted by molar-refractivity contribution is 6.30. The van der Waals surface area contributed by atoms with E-state index in [9.17, 15) is 4.79 Å². The molecule has 0 unspecified atom stereocenters. The molecule has 0 fully saturated rings. The molecular weight excluding hydrogens is 298 g/mol. The van der Waals surface area contributed by atoms with Gasteiger partial charge in [-0.15, -0.1) is 0 Å². The SMILES string of the molecule is Cc1ccc(C)c(OCC(=O)NCCc2cccc(Cl)c2)c1. The first kappa shape index (κ1) is 16.4. The minimum absolute atomic E-state index is 0.0276. The Morgan fingerprint density at radius 3 is 2.77 bits per heavy atom. The van der Waals surface area contributed by atoms with E-state index < -0.39 is 0 Å². The summed E-state index contributed by atoms with van der Waals surface area (Å²) in [4.78, 5) is 11.8. The third kappa shape index (κ3) is 5.08. The Hall–Kier alpha value is -2.00. The summed E-state index contributed by atoms with van der Waals surface area (Å²) < 4.78 is 5.57. The molecule has 0 aliphatic rings. The lowest BCUT2D eigenvalue weighted by molar-refractivity contribution is -0.123. The van der Waals surface area contributed by atoms with Crippen molar-refractivity contribution in [1.29, 1.82) is 0 Å². The van der Waals surface area contributed by atoms with Crippen LogP contribution in [-0.4, -0.2) is 19.1 Å². The second-order valence-electron chi connectivity index (χ2n) is 5.29. The smallest absolute Gasteiger partial charge is 0.257 e.